The molecule has 0 radical (unpaired) electrons. The van der Waals surface area contributed by atoms with Crippen LogP contribution in [0.25, 0.3) is 10.8 Å². The van der Waals surface area contributed by atoms with Gasteiger partial charge in [-0.15, -0.1) is 11.6 Å². The Morgan fingerprint density at radius 2 is 2.07 bits per heavy atom. The summed E-state index contributed by atoms with van der Waals surface area (Å²) in [5.74, 6) is -0.475. The van der Waals surface area contributed by atoms with Crippen molar-refractivity contribution in [2.24, 2.45) is 0 Å². The second kappa shape index (κ2) is 3.91. The number of carboxylic acid groups (broad SMARTS) is 1. The minimum Gasteiger partial charge on any atom is -0.478 e. The zero-order valence-electron chi connectivity index (χ0n) is 7.90. The SMILES string of the molecule is O=C(O)c1ccc2c(CCl)cccc2c1. The van der Waals surface area contributed by atoms with Gasteiger partial charge in [0.15, 0.2) is 0 Å². The summed E-state index contributed by atoms with van der Waals surface area (Å²) < 4.78 is 0. The molecular formula is C12H9ClO2. The van der Waals surface area contributed by atoms with Gasteiger partial charge in [-0.05, 0) is 28.5 Å². The second-order valence-electron chi connectivity index (χ2n) is 3.29. The van der Waals surface area contributed by atoms with Crippen molar-refractivity contribution in [2.75, 3.05) is 0 Å². The van der Waals surface area contributed by atoms with Gasteiger partial charge in [-0.2, -0.15) is 0 Å². The van der Waals surface area contributed by atoms with E-state index in [-0.39, 0.29) is 0 Å². The van der Waals surface area contributed by atoms with Crippen LogP contribution < -0.4 is 0 Å². The van der Waals surface area contributed by atoms with Gasteiger partial charge in [0.2, 0.25) is 0 Å². The molecule has 0 amide bonds. The van der Waals surface area contributed by atoms with Crippen LogP contribution in [0, 0.1) is 0 Å². The number of benzene rings is 2. The summed E-state index contributed by atoms with van der Waals surface area (Å²) in [6.45, 7) is 0. The fourth-order valence-corrected chi connectivity index (χ4v) is 1.83. The molecule has 0 aliphatic heterocycles. The molecule has 0 aliphatic rings. The van der Waals surface area contributed by atoms with E-state index in [0.29, 0.717) is 11.4 Å². The number of rotatable bonds is 2. The van der Waals surface area contributed by atoms with Crippen LogP contribution in [-0.4, -0.2) is 11.1 Å². The second-order valence-corrected chi connectivity index (χ2v) is 3.56. The summed E-state index contributed by atoms with van der Waals surface area (Å²) in [6, 6.07) is 10.8. The molecule has 0 saturated carbocycles. The van der Waals surface area contributed by atoms with E-state index in [2.05, 4.69) is 0 Å². The van der Waals surface area contributed by atoms with Gasteiger partial charge in [0.25, 0.3) is 0 Å². The maximum atomic E-state index is 10.8. The third kappa shape index (κ3) is 1.81. The van der Waals surface area contributed by atoms with Crippen LogP contribution in [0.1, 0.15) is 15.9 Å². The molecule has 2 nitrogen and oxygen atoms in total. The highest BCUT2D eigenvalue weighted by atomic mass is 35.5. The summed E-state index contributed by atoms with van der Waals surface area (Å²) in [5.41, 5.74) is 1.32. The normalized spacial score (nSPS) is 10.5. The van der Waals surface area contributed by atoms with Crippen LogP contribution in [0.5, 0.6) is 0 Å². The molecule has 15 heavy (non-hydrogen) atoms. The van der Waals surface area contributed by atoms with Crippen LogP contribution >= 0.6 is 11.6 Å². The molecular weight excluding hydrogens is 212 g/mol. The highest BCUT2D eigenvalue weighted by Crippen LogP contribution is 2.21. The molecule has 2 aromatic rings. The molecule has 2 rings (SSSR count). The summed E-state index contributed by atoms with van der Waals surface area (Å²) in [7, 11) is 0. The predicted molar refractivity (Wildman–Crippen MR) is 60.5 cm³/mol. The lowest BCUT2D eigenvalue weighted by molar-refractivity contribution is 0.0697. The third-order valence-electron chi connectivity index (χ3n) is 2.36. The van der Waals surface area contributed by atoms with E-state index < -0.39 is 5.97 Å². The number of carbonyl (C=O) groups is 1. The van der Waals surface area contributed by atoms with Gasteiger partial charge in [0, 0.05) is 5.88 Å². The zero-order chi connectivity index (χ0) is 10.8. The van der Waals surface area contributed by atoms with Crippen LogP contribution in [0.4, 0.5) is 0 Å². The van der Waals surface area contributed by atoms with E-state index in [0.717, 1.165) is 16.3 Å². The van der Waals surface area contributed by atoms with Crippen molar-refractivity contribution in [2.45, 2.75) is 5.88 Å². The first kappa shape index (κ1) is 9.99. The summed E-state index contributed by atoms with van der Waals surface area (Å²) in [6.07, 6.45) is 0. The van der Waals surface area contributed by atoms with Crippen molar-refractivity contribution in [1.82, 2.24) is 0 Å². The van der Waals surface area contributed by atoms with E-state index in [4.69, 9.17) is 16.7 Å². The Bertz CT molecular complexity index is 520. The summed E-state index contributed by atoms with van der Waals surface area (Å²) >= 11 is 5.79. The van der Waals surface area contributed by atoms with Crippen LogP contribution in [0.2, 0.25) is 0 Å². The largest absolute Gasteiger partial charge is 0.478 e. The average Bonchev–Trinajstić information content (AvgIpc) is 2.27. The molecule has 0 aliphatic carbocycles. The Labute approximate surface area is 92.1 Å². The van der Waals surface area contributed by atoms with Gasteiger partial charge < -0.3 is 5.11 Å². The lowest BCUT2D eigenvalue weighted by Crippen LogP contribution is -1.95. The first-order valence-corrected chi connectivity index (χ1v) is 5.07. The Balaban J connectivity index is 2.69. The van der Waals surface area contributed by atoms with Crippen LogP contribution in [-0.2, 0) is 5.88 Å². The number of alkyl halides is 1. The van der Waals surface area contributed by atoms with E-state index >= 15 is 0 Å². The van der Waals surface area contributed by atoms with Crippen molar-refractivity contribution < 1.29 is 9.90 Å². The molecule has 3 heteroatoms. The van der Waals surface area contributed by atoms with Crippen LogP contribution in [0.15, 0.2) is 36.4 Å². The van der Waals surface area contributed by atoms with Crippen molar-refractivity contribution in [3.63, 3.8) is 0 Å². The minimum absolute atomic E-state index is 0.300. The average molecular weight is 221 g/mol. The van der Waals surface area contributed by atoms with Gasteiger partial charge >= 0.3 is 5.97 Å². The Hall–Kier alpha value is -1.54. The topological polar surface area (TPSA) is 37.3 Å². The summed E-state index contributed by atoms with van der Waals surface area (Å²) in [4.78, 5) is 10.8. The van der Waals surface area contributed by atoms with Gasteiger partial charge in [-0.1, -0.05) is 24.3 Å². The van der Waals surface area contributed by atoms with Gasteiger partial charge in [0.1, 0.15) is 0 Å². The predicted octanol–water partition coefficient (Wildman–Crippen LogP) is 3.28. The number of hydrogen-bond donors (Lipinski definition) is 1. The lowest BCUT2D eigenvalue weighted by Gasteiger charge is -2.04. The van der Waals surface area contributed by atoms with Crippen LogP contribution in [0.3, 0.4) is 0 Å². The third-order valence-corrected chi connectivity index (χ3v) is 2.65. The number of hydrogen-bond acceptors (Lipinski definition) is 1. The Morgan fingerprint density at radius 3 is 2.73 bits per heavy atom. The fraction of sp³-hybridized carbons (Fsp3) is 0.0833. The van der Waals surface area contributed by atoms with Crippen molar-refractivity contribution >= 4 is 28.3 Å². The summed E-state index contributed by atoms with van der Waals surface area (Å²) in [5, 5.41) is 10.8. The zero-order valence-corrected chi connectivity index (χ0v) is 8.66. The highest BCUT2D eigenvalue weighted by molar-refractivity contribution is 6.18. The Morgan fingerprint density at radius 1 is 1.27 bits per heavy atom. The molecule has 0 spiro atoms. The van der Waals surface area contributed by atoms with Crippen molar-refractivity contribution in [3.05, 3.63) is 47.5 Å². The molecule has 0 aromatic heterocycles. The highest BCUT2D eigenvalue weighted by Gasteiger charge is 2.05. The van der Waals surface area contributed by atoms with E-state index in [9.17, 15) is 4.79 Å². The molecule has 0 fully saturated rings. The molecule has 0 saturated heterocycles. The molecule has 0 bridgehead atoms. The van der Waals surface area contributed by atoms with E-state index in [1.54, 1.807) is 18.2 Å². The standard InChI is InChI=1S/C12H9ClO2/c13-7-10-3-1-2-8-6-9(12(14)15)4-5-11(8)10/h1-6H,7H2,(H,14,15). The van der Waals surface area contributed by atoms with Crippen molar-refractivity contribution in [3.8, 4) is 0 Å². The number of halogens is 1. The maximum absolute atomic E-state index is 10.8. The monoisotopic (exact) mass is 220 g/mol. The number of fused-ring (bicyclic) bond motifs is 1. The molecule has 0 unspecified atom stereocenters. The maximum Gasteiger partial charge on any atom is 0.335 e. The van der Waals surface area contributed by atoms with E-state index in [1.807, 2.05) is 18.2 Å². The molecule has 1 N–H and O–H groups in total. The first-order valence-electron chi connectivity index (χ1n) is 4.53. The molecule has 2 aromatic carbocycles. The lowest BCUT2D eigenvalue weighted by atomic mass is 10.0. The molecule has 76 valence electrons. The molecule has 0 heterocycles. The molecule has 0 atom stereocenters. The fourth-order valence-electron chi connectivity index (χ4n) is 1.60. The van der Waals surface area contributed by atoms with Gasteiger partial charge in [-0.3, -0.25) is 0 Å². The smallest absolute Gasteiger partial charge is 0.335 e. The van der Waals surface area contributed by atoms with Gasteiger partial charge in [0.05, 0.1) is 5.56 Å². The quantitative estimate of drug-likeness (QED) is 0.789. The first-order chi connectivity index (χ1) is 7.22. The number of aromatic carboxylic acids is 1. The Kier molecular flexibility index (Phi) is 2.60. The minimum atomic E-state index is -0.909. The van der Waals surface area contributed by atoms with Crippen molar-refractivity contribution in [1.29, 1.82) is 0 Å². The van der Waals surface area contributed by atoms with Gasteiger partial charge in [-0.25, -0.2) is 4.79 Å². The van der Waals surface area contributed by atoms with E-state index in [1.165, 1.54) is 0 Å². The number of carboxylic acids is 1.